The van der Waals surface area contributed by atoms with E-state index in [4.69, 9.17) is 11.6 Å². The zero-order valence-corrected chi connectivity index (χ0v) is 12.3. The van der Waals surface area contributed by atoms with E-state index in [0.717, 1.165) is 24.4 Å². The van der Waals surface area contributed by atoms with E-state index in [1.54, 1.807) is 12.1 Å². The topological polar surface area (TPSA) is 41.1 Å². The molecular formula is C15H21ClN2O. The van der Waals surface area contributed by atoms with Crippen LogP contribution in [-0.4, -0.2) is 19.0 Å². The molecule has 1 unspecified atom stereocenters. The smallest absolute Gasteiger partial charge is 0.253 e. The molecule has 0 aromatic heterocycles. The molecule has 3 nitrogen and oxygen atoms in total. The molecule has 1 amide bonds. The number of nitrogens with one attached hydrogen (secondary N) is 2. The molecule has 19 heavy (non-hydrogen) atoms. The molecule has 0 spiro atoms. The Morgan fingerprint density at radius 3 is 2.79 bits per heavy atom. The Labute approximate surface area is 119 Å². The van der Waals surface area contributed by atoms with Crippen molar-refractivity contribution >= 4 is 23.2 Å². The number of hydrogen-bond donors (Lipinski definition) is 2. The minimum atomic E-state index is -0.0423. The first-order valence-corrected chi connectivity index (χ1v) is 7.30. The number of anilines is 1. The molecule has 1 saturated carbocycles. The minimum Gasteiger partial charge on any atom is -0.387 e. The summed E-state index contributed by atoms with van der Waals surface area (Å²) in [5, 5.41) is 6.73. The van der Waals surface area contributed by atoms with Crippen LogP contribution in [0.3, 0.4) is 0 Å². The monoisotopic (exact) mass is 280 g/mol. The van der Waals surface area contributed by atoms with Crippen molar-refractivity contribution in [3.8, 4) is 0 Å². The Balaban J connectivity index is 2.06. The number of rotatable bonds is 6. The van der Waals surface area contributed by atoms with Gasteiger partial charge in [-0.2, -0.15) is 0 Å². The molecule has 1 aromatic rings. The third-order valence-electron chi connectivity index (χ3n) is 3.64. The third-order valence-corrected chi connectivity index (χ3v) is 3.87. The average molecular weight is 281 g/mol. The lowest BCUT2D eigenvalue weighted by atomic mass is 10.1. The summed E-state index contributed by atoms with van der Waals surface area (Å²) in [7, 11) is 1.81. The van der Waals surface area contributed by atoms with Crippen molar-refractivity contribution in [2.75, 3.05) is 12.4 Å². The molecule has 0 aliphatic heterocycles. The van der Waals surface area contributed by atoms with Gasteiger partial charge >= 0.3 is 0 Å². The summed E-state index contributed by atoms with van der Waals surface area (Å²) < 4.78 is 0. The van der Waals surface area contributed by atoms with Crippen LogP contribution in [0.2, 0.25) is 5.02 Å². The molecule has 0 radical (unpaired) electrons. The fraction of sp³-hybridized carbons (Fsp3) is 0.533. The predicted octanol–water partition coefficient (Wildman–Crippen LogP) is 3.69. The highest BCUT2D eigenvalue weighted by molar-refractivity contribution is 6.31. The fourth-order valence-corrected chi connectivity index (χ4v) is 2.44. The van der Waals surface area contributed by atoms with Gasteiger partial charge in [0, 0.05) is 23.8 Å². The van der Waals surface area contributed by atoms with Crippen LogP contribution in [0.4, 0.5) is 5.69 Å². The van der Waals surface area contributed by atoms with Crippen molar-refractivity contribution in [2.24, 2.45) is 5.92 Å². The van der Waals surface area contributed by atoms with Crippen LogP contribution in [0, 0.1) is 5.92 Å². The zero-order chi connectivity index (χ0) is 13.8. The van der Waals surface area contributed by atoms with Gasteiger partial charge in [0.15, 0.2) is 0 Å². The quantitative estimate of drug-likeness (QED) is 0.834. The van der Waals surface area contributed by atoms with Gasteiger partial charge in [-0.25, -0.2) is 0 Å². The summed E-state index contributed by atoms with van der Waals surface area (Å²) >= 11 is 5.97. The van der Waals surface area contributed by atoms with E-state index in [0.29, 0.717) is 10.6 Å². The Morgan fingerprint density at radius 2 is 2.21 bits per heavy atom. The summed E-state index contributed by atoms with van der Waals surface area (Å²) in [5.41, 5.74) is 1.42. The van der Waals surface area contributed by atoms with E-state index in [9.17, 15) is 4.79 Å². The van der Waals surface area contributed by atoms with Crippen molar-refractivity contribution < 1.29 is 4.79 Å². The molecule has 1 aliphatic rings. The molecular weight excluding hydrogens is 260 g/mol. The number of carbonyl (C=O) groups is 1. The van der Waals surface area contributed by atoms with Gasteiger partial charge in [0.25, 0.3) is 5.91 Å². The molecule has 104 valence electrons. The lowest BCUT2D eigenvalue weighted by molar-refractivity contribution is 0.0933. The van der Waals surface area contributed by atoms with Crippen LogP contribution in [0.15, 0.2) is 18.2 Å². The van der Waals surface area contributed by atoms with Crippen LogP contribution in [0.1, 0.15) is 43.0 Å². The van der Waals surface area contributed by atoms with Crippen molar-refractivity contribution in [3.05, 3.63) is 28.8 Å². The molecule has 1 atom stereocenters. The van der Waals surface area contributed by atoms with E-state index in [-0.39, 0.29) is 11.9 Å². The molecule has 0 heterocycles. The minimum absolute atomic E-state index is 0.0423. The lowest BCUT2D eigenvalue weighted by Gasteiger charge is -2.18. The number of hydrogen-bond acceptors (Lipinski definition) is 2. The van der Waals surface area contributed by atoms with Gasteiger partial charge < -0.3 is 10.6 Å². The van der Waals surface area contributed by atoms with Gasteiger partial charge in [0.05, 0.1) is 5.56 Å². The summed E-state index contributed by atoms with van der Waals surface area (Å²) in [5.74, 6) is 0.771. The summed E-state index contributed by atoms with van der Waals surface area (Å²) in [6.07, 6.45) is 4.69. The maximum absolute atomic E-state index is 12.3. The standard InChI is InChI=1S/C15H21ClN2O/c1-3-12(8-10-4-5-10)18-15(19)13-9-11(16)6-7-14(13)17-2/h6-7,9-10,12,17H,3-5,8H2,1-2H3,(H,18,19). The first-order valence-electron chi connectivity index (χ1n) is 6.92. The Kier molecular flexibility index (Phi) is 4.70. The molecule has 4 heteroatoms. The Hall–Kier alpha value is -1.22. The third kappa shape index (κ3) is 3.87. The average Bonchev–Trinajstić information content (AvgIpc) is 3.21. The van der Waals surface area contributed by atoms with Gasteiger partial charge in [-0.1, -0.05) is 31.4 Å². The highest BCUT2D eigenvalue weighted by Crippen LogP contribution is 2.34. The summed E-state index contributed by atoms with van der Waals surface area (Å²) in [6.45, 7) is 2.12. The normalized spacial score (nSPS) is 15.9. The summed E-state index contributed by atoms with van der Waals surface area (Å²) in [4.78, 5) is 12.3. The zero-order valence-electron chi connectivity index (χ0n) is 11.5. The number of halogens is 1. The maximum atomic E-state index is 12.3. The highest BCUT2D eigenvalue weighted by Gasteiger charge is 2.26. The molecule has 2 N–H and O–H groups in total. The predicted molar refractivity (Wildman–Crippen MR) is 79.9 cm³/mol. The lowest BCUT2D eigenvalue weighted by Crippen LogP contribution is -2.35. The second-order valence-electron chi connectivity index (χ2n) is 5.20. The van der Waals surface area contributed by atoms with Crippen molar-refractivity contribution in [3.63, 3.8) is 0 Å². The molecule has 0 saturated heterocycles. The first-order chi connectivity index (χ1) is 9.13. The van der Waals surface area contributed by atoms with E-state index in [1.807, 2.05) is 13.1 Å². The molecule has 1 fully saturated rings. The maximum Gasteiger partial charge on any atom is 0.253 e. The van der Waals surface area contributed by atoms with Crippen molar-refractivity contribution in [1.29, 1.82) is 0 Å². The van der Waals surface area contributed by atoms with Crippen LogP contribution in [0.5, 0.6) is 0 Å². The largest absolute Gasteiger partial charge is 0.387 e. The van der Waals surface area contributed by atoms with E-state index in [1.165, 1.54) is 12.8 Å². The SMILES string of the molecule is CCC(CC1CC1)NC(=O)c1cc(Cl)ccc1NC. The van der Waals surface area contributed by atoms with E-state index >= 15 is 0 Å². The van der Waals surface area contributed by atoms with Gasteiger partial charge in [-0.05, 0) is 37.0 Å². The van der Waals surface area contributed by atoms with Crippen molar-refractivity contribution in [2.45, 2.75) is 38.6 Å². The van der Waals surface area contributed by atoms with Crippen LogP contribution < -0.4 is 10.6 Å². The van der Waals surface area contributed by atoms with Crippen LogP contribution in [0.25, 0.3) is 0 Å². The van der Waals surface area contributed by atoms with Gasteiger partial charge in [-0.3, -0.25) is 4.79 Å². The van der Waals surface area contributed by atoms with E-state index in [2.05, 4.69) is 17.6 Å². The van der Waals surface area contributed by atoms with Gasteiger partial charge in [0.2, 0.25) is 0 Å². The van der Waals surface area contributed by atoms with Crippen molar-refractivity contribution in [1.82, 2.24) is 5.32 Å². The molecule has 1 aromatic carbocycles. The van der Waals surface area contributed by atoms with Crippen LogP contribution >= 0.6 is 11.6 Å². The number of benzene rings is 1. The van der Waals surface area contributed by atoms with Crippen LogP contribution in [-0.2, 0) is 0 Å². The second kappa shape index (κ2) is 6.29. The van der Waals surface area contributed by atoms with E-state index < -0.39 is 0 Å². The highest BCUT2D eigenvalue weighted by atomic mass is 35.5. The first kappa shape index (κ1) is 14.2. The molecule has 0 bridgehead atoms. The van der Waals surface area contributed by atoms with Gasteiger partial charge in [-0.15, -0.1) is 0 Å². The fourth-order valence-electron chi connectivity index (χ4n) is 2.27. The Morgan fingerprint density at radius 1 is 1.47 bits per heavy atom. The molecule has 2 rings (SSSR count). The number of carbonyl (C=O) groups excluding carboxylic acids is 1. The number of amides is 1. The van der Waals surface area contributed by atoms with Gasteiger partial charge in [0.1, 0.15) is 0 Å². The Bertz CT molecular complexity index is 457. The summed E-state index contributed by atoms with van der Waals surface area (Å²) in [6, 6.07) is 5.60. The second-order valence-corrected chi connectivity index (χ2v) is 5.63. The molecule has 1 aliphatic carbocycles.